The van der Waals surface area contributed by atoms with Crippen LogP contribution < -0.4 is 10.6 Å². The van der Waals surface area contributed by atoms with Crippen molar-refractivity contribution in [3.05, 3.63) is 28.8 Å². The molecule has 1 atom stereocenters. The molecular formula is C16H28ClN3. The molecule has 0 heterocycles. The third-order valence-electron chi connectivity index (χ3n) is 3.38. The van der Waals surface area contributed by atoms with E-state index in [1.807, 2.05) is 19.1 Å². The van der Waals surface area contributed by atoms with Crippen molar-refractivity contribution in [3.8, 4) is 0 Å². The molecule has 1 unspecified atom stereocenters. The van der Waals surface area contributed by atoms with Crippen molar-refractivity contribution in [1.29, 1.82) is 0 Å². The Morgan fingerprint density at radius 1 is 1.25 bits per heavy atom. The average molecular weight is 298 g/mol. The number of anilines is 1. The summed E-state index contributed by atoms with van der Waals surface area (Å²) in [5, 5.41) is 0.825. The lowest BCUT2D eigenvalue weighted by Gasteiger charge is -2.27. The SMILES string of the molecule is CCN(CCCN(C)C)c1cccc(Cl)c1CC(C)N. The molecule has 0 aromatic heterocycles. The van der Waals surface area contributed by atoms with Crippen LogP contribution in [0.1, 0.15) is 25.8 Å². The Kier molecular flexibility index (Phi) is 7.35. The molecular weight excluding hydrogens is 270 g/mol. The van der Waals surface area contributed by atoms with Crippen LogP contribution >= 0.6 is 11.6 Å². The zero-order valence-electron chi connectivity index (χ0n) is 13.2. The normalized spacial score (nSPS) is 12.8. The molecule has 0 bridgehead atoms. The minimum absolute atomic E-state index is 0.120. The molecule has 0 saturated heterocycles. The summed E-state index contributed by atoms with van der Waals surface area (Å²) in [4.78, 5) is 4.61. The van der Waals surface area contributed by atoms with Crippen molar-refractivity contribution in [2.75, 3.05) is 38.6 Å². The van der Waals surface area contributed by atoms with Gasteiger partial charge in [0.15, 0.2) is 0 Å². The van der Waals surface area contributed by atoms with Gasteiger partial charge >= 0.3 is 0 Å². The second-order valence-corrected chi connectivity index (χ2v) is 6.06. The van der Waals surface area contributed by atoms with E-state index >= 15 is 0 Å². The van der Waals surface area contributed by atoms with Crippen molar-refractivity contribution >= 4 is 17.3 Å². The maximum atomic E-state index is 6.37. The first-order valence-electron chi connectivity index (χ1n) is 7.38. The highest BCUT2D eigenvalue weighted by molar-refractivity contribution is 6.31. The molecule has 2 N–H and O–H groups in total. The monoisotopic (exact) mass is 297 g/mol. The fourth-order valence-electron chi connectivity index (χ4n) is 2.39. The lowest BCUT2D eigenvalue weighted by molar-refractivity contribution is 0.400. The fourth-order valence-corrected chi connectivity index (χ4v) is 2.64. The smallest absolute Gasteiger partial charge is 0.0459 e. The second kappa shape index (κ2) is 8.50. The highest BCUT2D eigenvalue weighted by atomic mass is 35.5. The van der Waals surface area contributed by atoms with Gasteiger partial charge in [-0.3, -0.25) is 0 Å². The van der Waals surface area contributed by atoms with Crippen LogP contribution in [0, 0.1) is 0 Å². The molecule has 1 aromatic carbocycles. The van der Waals surface area contributed by atoms with Gasteiger partial charge in [0.2, 0.25) is 0 Å². The number of benzene rings is 1. The predicted molar refractivity (Wildman–Crippen MR) is 89.9 cm³/mol. The van der Waals surface area contributed by atoms with Crippen LogP contribution in [-0.2, 0) is 6.42 Å². The van der Waals surface area contributed by atoms with Gasteiger partial charge in [-0.1, -0.05) is 17.7 Å². The number of rotatable bonds is 8. The van der Waals surface area contributed by atoms with Crippen LogP contribution in [0.4, 0.5) is 5.69 Å². The lowest BCUT2D eigenvalue weighted by Crippen LogP contribution is -2.29. The Hall–Kier alpha value is -0.770. The minimum Gasteiger partial charge on any atom is -0.371 e. The maximum Gasteiger partial charge on any atom is 0.0459 e. The van der Waals surface area contributed by atoms with Gasteiger partial charge in [-0.2, -0.15) is 0 Å². The number of halogens is 1. The van der Waals surface area contributed by atoms with E-state index in [0.717, 1.165) is 37.5 Å². The van der Waals surface area contributed by atoms with E-state index in [1.54, 1.807) is 0 Å². The molecule has 0 radical (unpaired) electrons. The Bertz CT molecular complexity index is 405. The fraction of sp³-hybridized carbons (Fsp3) is 0.625. The number of nitrogens with zero attached hydrogens (tertiary/aromatic N) is 2. The third kappa shape index (κ3) is 5.31. The van der Waals surface area contributed by atoms with E-state index in [1.165, 1.54) is 11.3 Å². The van der Waals surface area contributed by atoms with E-state index in [-0.39, 0.29) is 6.04 Å². The van der Waals surface area contributed by atoms with Crippen molar-refractivity contribution in [2.24, 2.45) is 5.73 Å². The summed E-state index contributed by atoms with van der Waals surface area (Å²) < 4.78 is 0. The zero-order chi connectivity index (χ0) is 15.1. The average Bonchev–Trinajstić information content (AvgIpc) is 2.37. The summed E-state index contributed by atoms with van der Waals surface area (Å²) in [7, 11) is 4.22. The van der Waals surface area contributed by atoms with Crippen LogP contribution in [0.25, 0.3) is 0 Å². The maximum absolute atomic E-state index is 6.37. The summed E-state index contributed by atoms with van der Waals surface area (Å²) in [6.45, 7) is 7.34. The molecule has 0 aliphatic carbocycles. The van der Waals surface area contributed by atoms with E-state index in [9.17, 15) is 0 Å². The molecule has 1 aromatic rings. The Morgan fingerprint density at radius 2 is 1.95 bits per heavy atom. The van der Waals surface area contributed by atoms with Gasteiger partial charge in [0.1, 0.15) is 0 Å². The second-order valence-electron chi connectivity index (χ2n) is 5.66. The number of hydrogen-bond acceptors (Lipinski definition) is 3. The topological polar surface area (TPSA) is 32.5 Å². The van der Waals surface area contributed by atoms with Crippen molar-refractivity contribution in [2.45, 2.75) is 32.7 Å². The molecule has 0 spiro atoms. The third-order valence-corrected chi connectivity index (χ3v) is 3.73. The Morgan fingerprint density at radius 3 is 2.50 bits per heavy atom. The zero-order valence-corrected chi connectivity index (χ0v) is 14.0. The van der Waals surface area contributed by atoms with E-state index in [4.69, 9.17) is 17.3 Å². The largest absolute Gasteiger partial charge is 0.371 e. The van der Waals surface area contributed by atoms with Gasteiger partial charge < -0.3 is 15.5 Å². The highest BCUT2D eigenvalue weighted by Gasteiger charge is 2.14. The van der Waals surface area contributed by atoms with E-state index in [0.29, 0.717) is 0 Å². The summed E-state index contributed by atoms with van der Waals surface area (Å²) in [5.41, 5.74) is 8.37. The quantitative estimate of drug-likeness (QED) is 0.800. The summed E-state index contributed by atoms with van der Waals surface area (Å²) in [5.74, 6) is 0. The predicted octanol–water partition coefficient (Wildman–Crippen LogP) is 3.01. The van der Waals surface area contributed by atoms with E-state index < -0.39 is 0 Å². The van der Waals surface area contributed by atoms with Crippen molar-refractivity contribution in [3.63, 3.8) is 0 Å². The molecule has 0 saturated carbocycles. The van der Waals surface area contributed by atoms with Crippen molar-refractivity contribution in [1.82, 2.24) is 4.90 Å². The van der Waals surface area contributed by atoms with Gasteiger partial charge in [0, 0.05) is 29.8 Å². The molecule has 1 rings (SSSR count). The molecule has 0 amide bonds. The first-order chi connectivity index (χ1) is 9.45. The van der Waals surface area contributed by atoms with Crippen LogP contribution in [-0.4, -0.2) is 44.7 Å². The summed E-state index contributed by atoms with van der Waals surface area (Å²) in [6.07, 6.45) is 1.96. The Labute approximate surface area is 128 Å². The van der Waals surface area contributed by atoms with Gasteiger partial charge in [-0.15, -0.1) is 0 Å². The van der Waals surface area contributed by atoms with Crippen LogP contribution in [0.5, 0.6) is 0 Å². The molecule has 0 fully saturated rings. The van der Waals surface area contributed by atoms with Gasteiger partial charge in [0.05, 0.1) is 0 Å². The lowest BCUT2D eigenvalue weighted by atomic mass is 10.0. The molecule has 20 heavy (non-hydrogen) atoms. The van der Waals surface area contributed by atoms with Crippen molar-refractivity contribution < 1.29 is 0 Å². The molecule has 114 valence electrons. The highest BCUT2D eigenvalue weighted by Crippen LogP contribution is 2.28. The summed E-state index contributed by atoms with van der Waals surface area (Å²) in [6, 6.07) is 6.25. The first-order valence-corrected chi connectivity index (χ1v) is 7.76. The number of hydrogen-bond donors (Lipinski definition) is 1. The molecule has 0 aliphatic heterocycles. The molecule has 3 nitrogen and oxygen atoms in total. The molecule has 4 heteroatoms. The Balaban J connectivity index is 2.87. The standard InChI is InChI=1S/C16H28ClN3/c1-5-20(11-7-10-19(3)4)16-9-6-8-15(17)14(16)12-13(2)18/h6,8-9,13H,5,7,10-12,18H2,1-4H3. The van der Waals surface area contributed by atoms with Gasteiger partial charge in [-0.05, 0) is 65.0 Å². The van der Waals surface area contributed by atoms with E-state index in [2.05, 4.69) is 36.9 Å². The number of nitrogens with two attached hydrogens (primary N) is 1. The minimum atomic E-state index is 0.120. The van der Waals surface area contributed by atoms with Crippen LogP contribution in [0.3, 0.4) is 0 Å². The molecule has 0 aliphatic rings. The van der Waals surface area contributed by atoms with Gasteiger partial charge in [-0.25, -0.2) is 0 Å². The van der Waals surface area contributed by atoms with Crippen LogP contribution in [0.15, 0.2) is 18.2 Å². The summed E-state index contributed by atoms with van der Waals surface area (Å²) >= 11 is 6.37. The first kappa shape index (κ1) is 17.3. The van der Waals surface area contributed by atoms with Gasteiger partial charge in [0.25, 0.3) is 0 Å². The van der Waals surface area contributed by atoms with Crippen LogP contribution in [0.2, 0.25) is 5.02 Å².